The molecule has 0 atom stereocenters. The first-order chi connectivity index (χ1) is 9.27. The molecule has 0 aromatic heterocycles. The fraction of sp³-hybridized carbons (Fsp3) is 0.533. The molecule has 1 aliphatic rings. The van der Waals surface area contributed by atoms with Gasteiger partial charge in [-0.1, -0.05) is 25.0 Å². The van der Waals surface area contributed by atoms with E-state index in [0.717, 1.165) is 6.42 Å². The van der Waals surface area contributed by atoms with E-state index in [1.807, 2.05) is 0 Å². The van der Waals surface area contributed by atoms with Gasteiger partial charge < -0.3 is 14.6 Å². The van der Waals surface area contributed by atoms with Gasteiger partial charge >= 0.3 is 5.97 Å². The average molecular weight is 264 g/mol. The summed E-state index contributed by atoms with van der Waals surface area (Å²) >= 11 is 0. The Morgan fingerprint density at radius 3 is 2.68 bits per heavy atom. The van der Waals surface area contributed by atoms with E-state index in [4.69, 9.17) is 14.6 Å². The minimum atomic E-state index is -0.960. The zero-order valence-electron chi connectivity index (χ0n) is 11.0. The van der Waals surface area contributed by atoms with E-state index < -0.39 is 5.97 Å². The minimum absolute atomic E-state index is 0.208. The van der Waals surface area contributed by atoms with E-state index in [1.54, 1.807) is 24.3 Å². The van der Waals surface area contributed by atoms with Gasteiger partial charge in [0.1, 0.15) is 11.3 Å². The molecule has 1 aliphatic carbocycles. The number of rotatable bonds is 7. The van der Waals surface area contributed by atoms with Crippen molar-refractivity contribution in [3.05, 3.63) is 29.8 Å². The first-order valence-electron chi connectivity index (χ1n) is 6.84. The number of para-hydroxylation sites is 1. The fourth-order valence-corrected chi connectivity index (χ4v) is 2.32. The Morgan fingerprint density at radius 2 is 1.95 bits per heavy atom. The summed E-state index contributed by atoms with van der Waals surface area (Å²) in [6, 6.07) is 6.70. The number of aromatic carboxylic acids is 1. The summed E-state index contributed by atoms with van der Waals surface area (Å²) in [4.78, 5) is 11.0. The quantitative estimate of drug-likeness (QED) is 0.769. The largest absolute Gasteiger partial charge is 0.493 e. The van der Waals surface area contributed by atoms with Crippen LogP contribution in [0.1, 0.15) is 42.5 Å². The fourth-order valence-electron chi connectivity index (χ4n) is 2.32. The third-order valence-corrected chi connectivity index (χ3v) is 3.32. The molecule has 0 amide bonds. The Hall–Kier alpha value is -1.55. The average Bonchev–Trinajstić information content (AvgIpc) is 2.92. The maximum atomic E-state index is 11.0. The molecule has 1 aromatic carbocycles. The lowest BCUT2D eigenvalue weighted by molar-refractivity contribution is 0.0503. The van der Waals surface area contributed by atoms with Crippen molar-refractivity contribution in [2.75, 3.05) is 13.2 Å². The Bertz CT molecular complexity index is 410. The van der Waals surface area contributed by atoms with Gasteiger partial charge in [-0.2, -0.15) is 0 Å². The van der Waals surface area contributed by atoms with Crippen molar-refractivity contribution >= 4 is 5.97 Å². The summed E-state index contributed by atoms with van der Waals surface area (Å²) in [5.74, 6) is -0.534. The number of carboxylic acids is 1. The molecule has 104 valence electrons. The summed E-state index contributed by atoms with van der Waals surface area (Å²) in [7, 11) is 0. The molecule has 0 aliphatic heterocycles. The van der Waals surface area contributed by atoms with Crippen LogP contribution in [0.15, 0.2) is 24.3 Å². The number of hydrogen-bond acceptors (Lipinski definition) is 3. The zero-order chi connectivity index (χ0) is 13.5. The van der Waals surface area contributed by atoms with Crippen LogP contribution in [0.3, 0.4) is 0 Å². The smallest absolute Gasteiger partial charge is 0.339 e. The Balaban J connectivity index is 1.69. The van der Waals surface area contributed by atoms with Crippen LogP contribution in [0.4, 0.5) is 0 Å². The molecular formula is C15H20O4. The van der Waals surface area contributed by atoms with Gasteiger partial charge in [0, 0.05) is 6.42 Å². The Kier molecular flexibility index (Phi) is 5.21. The SMILES string of the molecule is O=C(O)c1ccccc1OCCCOC1CCCC1. The molecule has 2 rings (SSSR count). The molecule has 19 heavy (non-hydrogen) atoms. The van der Waals surface area contributed by atoms with Crippen molar-refractivity contribution in [1.29, 1.82) is 0 Å². The first-order valence-corrected chi connectivity index (χ1v) is 6.84. The van der Waals surface area contributed by atoms with Crippen LogP contribution in [0.2, 0.25) is 0 Å². The van der Waals surface area contributed by atoms with Gasteiger partial charge in [-0.15, -0.1) is 0 Å². The zero-order valence-corrected chi connectivity index (χ0v) is 11.0. The van der Waals surface area contributed by atoms with E-state index in [0.29, 0.717) is 25.1 Å². The molecule has 1 N–H and O–H groups in total. The van der Waals surface area contributed by atoms with Crippen molar-refractivity contribution in [3.8, 4) is 5.75 Å². The molecule has 0 radical (unpaired) electrons. The standard InChI is InChI=1S/C15H20O4/c16-15(17)13-8-3-4-9-14(13)19-11-5-10-18-12-6-1-2-7-12/h3-4,8-9,12H,1-2,5-7,10-11H2,(H,16,17). The van der Waals surface area contributed by atoms with Gasteiger partial charge in [-0.05, 0) is 25.0 Å². The molecule has 1 aromatic rings. The van der Waals surface area contributed by atoms with Crippen molar-refractivity contribution in [2.45, 2.75) is 38.2 Å². The highest BCUT2D eigenvalue weighted by Crippen LogP contribution is 2.21. The molecular weight excluding hydrogens is 244 g/mol. The van der Waals surface area contributed by atoms with E-state index in [2.05, 4.69) is 0 Å². The maximum absolute atomic E-state index is 11.0. The van der Waals surface area contributed by atoms with Crippen LogP contribution in [0.25, 0.3) is 0 Å². The topological polar surface area (TPSA) is 55.8 Å². The molecule has 4 heteroatoms. The molecule has 1 saturated carbocycles. The summed E-state index contributed by atoms with van der Waals surface area (Å²) in [6.07, 6.45) is 6.09. The molecule has 0 unspecified atom stereocenters. The molecule has 0 saturated heterocycles. The summed E-state index contributed by atoms with van der Waals surface area (Å²) in [5, 5.41) is 9.01. The second kappa shape index (κ2) is 7.14. The summed E-state index contributed by atoms with van der Waals surface area (Å²) in [5.41, 5.74) is 0.208. The molecule has 1 fully saturated rings. The Labute approximate surface area is 113 Å². The highest BCUT2D eigenvalue weighted by atomic mass is 16.5. The highest BCUT2D eigenvalue weighted by Gasteiger charge is 2.15. The van der Waals surface area contributed by atoms with Gasteiger partial charge in [0.2, 0.25) is 0 Å². The van der Waals surface area contributed by atoms with Crippen molar-refractivity contribution in [3.63, 3.8) is 0 Å². The third-order valence-electron chi connectivity index (χ3n) is 3.32. The molecule has 4 nitrogen and oxygen atoms in total. The molecule has 0 bridgehead atoms. The maximum Gasteiger partial charge on any atom is 0.339 e. The minimum Gasteiger partial charge on any atom is -0.493 e. The van der Waals surface area contributed by atoms with Crippen LogP contribution in [-0.4, -0.2) is 30.4 Å². The Morgan fingerprint density at radius 1 is 1.21 bits per heavy atom. The first kappa shape index (κ1) is 13.9. The lowest BCUT2D eigenvalue weighted by Gasteiger charge is -2.12. The second-order valence-electron chi connectivity index (χ2n) is 4.78. The number of ether oxygens (including phenoxy) is 2. The van der Waals surface area contributed by atoms with E-state index in [1.165, 1.54) is 25.7 Å². The van der Waals surface area contributed by atoms with Gasteiger partial charge in [0.25, 0.3) is 0 Å². The lowest BCUT2D eigenvalue weighted by atomic mass is 10.2. The molecule has 0 spiro atoms. The predicted octanol–water partition coefficient (Wildman–Crippen LogP) is 3.11. The van der Waals surface area contributed by atoms with Crippen molar-refractivity contribution < 1.29 is 19.4 Å². The van der Waals surface area contributed by atoms with Crippen molar-refractivity contribution in [1.82, 2.24) is 0 Å². The van der Waals surface area contributed by atoms with Gasteiger partial charge in [0.05, 0.1) is 19.3 Å². The third kappa shape index (κ3) is 4.24. The monoisotopic (exact) mass is 264 g/mol. The normalized spacial score (nSPS) is 15.6. The second-order valence-corrected chi connectivity index (χ2v) is 4.78. The summed E-state index contributed by atoms with van der Waals surface area (Å²) in [6.45, 7) is 1.16. The van der Waals surface area contributed by atoms with Crippen LogP contribution < -0.4 is 4.74 Å². The van der Waals surface area contributed by atoms with Gasteiger partial charge in [-0.25, -0.2) is 4.79 Å². The molecule has 0 heterocycles. The number of carboxylic acid groups (broad SMARTS) is 1. The van der Waals surface area contributed by atoms with E-state index in [-0.39, 0.29) is 5.56 Å². The van der Waals surface area contributed by atoms with Crippen LogP contribution in [-0.2, 0) is 4.74 Å². The van der Waals surface area contributed by atoms with Crippen LogP contribution in [0, 0.1) is 0 Å². The lowest BCUT2D eigenvalue weighted by Crippen LogP contribution is -2.11. The number of hydrogen-bond donors (Lipinski definition) is 1. The highest BCUT2D eigenvalue weighted by molar-refractivity contribution is 5.90. The predicted molar refractivity (Wildman–Crippen MR) is 71.7 cm³/mol. The van der Waals surface area contributed by atoms with E-state index >= 15 is 0 Å². The number of carbonyl (C=O) groups is 1. The van der Waals surface area contributed by atoms with E-state index in [9.17, 15) is 4.79 Å². The van der Waals surface area contributed by atoms with Crippen LogP contribution in [0.5, 0.6) is 5.75 Å². The summed E-state index contributed by atoms with van der Waals surface area (Å²) < 4.78 is 11.2. The number of benzene rings is 1. The van der Waals surface area contributed by atoms with Gasteiger partial charge in [-0.3, -0.25) is 0 Å². The van der Waals surface area contributed by atoms with Gasteiger partial charge in [0.15, 0.2) is 0 Å². The van der Waals surface area contributed by atoms with Crippen molar-refractivity contribution in [2.24, 2.45) is 0 Å². The van der Waals surface area contributed by atoms with Crippen LogP contribution >= 0.6 is 0 Å².